The van der Waals surface area contributed by atoms with Gasteiger partial charge >= 0.3 is 7.60 Å². The molecule has 3 N–H and O–H groups in total. The van der Waals surface area contributed by atoms with Gasteiger partial charge in [0.15, 0.2) is 5.76 Å². The van der Waals surface area contributed by atoms with E-state index in [1.807, 2.05) is 54.6 Å². The predicted octanol–water partition coefficient (Wildman–Crippen LogP) is 3.90. The number of furan rings is 1. The van der Waals surface area contributed by atoms with Gasteiger partial charge < -0.3 is 19.2 Å². The van der Waals surface area contributed by atoms with Gasteiger partial charge in [0.25, 0.3) is 0 Å². The summed E-state index contributed by atoms with van der Waals surface area (Å²) in [5.41, 5.74) is 3.23. The molecule has 4 aromatic rings. The average molecular weight is 339 g/mol. The van der Waals surface area contributed by atoms with Crippen LogP contribution in [0.1, 0.15) is 0 Å². The standard InChI is InChI=1S/C18H14NO4P/c20-24(21,22)16-11-10-15(23-16)18-17(12-6-2-1-3-7-12)13-8-4-5-9-14(13)19-18/h1-11,19H,(H2,20,21,22). The van der Waals surface area contributed by atoms with E-state index in [0.717, 1.165) is 22.0 Å². The zero-order valence-corrected chi connectivity index (χ0v) is 13.4. The van der Waals surface area contributed by atoms with Crippen molar-refractivity contribution in [1.29, 1.82) is 0 Å². The van der Waals surface area contributed by atoms with Crippen LogP contribution >= 0.6 is 7.60 Å². The Morgan fingerprint density at radius 2 is 1.58 bits per heavy atom. The van der Waals surface area contributed by atoms with E-state index in [0.29, 0.717) is 11.5 Å². The van der Waals surface area contributed by atoms with Crippen LogP contribution in [0.25, 0.3) is 33.5 Å². The van der Waals surface area contributed by atoms with Crippen LogP contribution in [0.3, 0.4) is 0 Å². The van der Waals surface area contributed by atoms with Gasteiger partial charge in [0.1, 0.15) is 0 Å². The van der Waals surface area contributed by atoms with E-state index in [-0.39, 0.29) is 5.50 Å². The number of aromatic nitrogens is 1. The second-order valence-electron chi connectivity index (χ2n) is 5.47. The van der Waals surface area contributed by atoms with E-state index in [2.05, 4.69) is 4.98 Å². The van der Waals surface area contributed by atoms with Gasteiger partial charge in [0.2, 0.25) is 5.50 Å². The topological polar surface area (TPSA) is 86.5 Å². The minimum absolute atomic E-state index is 0.338. The van der Waals surface area contributed by atoms with Gasteiger partial charge in [-0.05, 0) is 23.8 Å². The van der Waals surface area contributed by atoms with E-state index in [4.69, 9.17) is 4.42 Å². The normalized spacial score (nSPS) is 11.9. The van der Waals surface area contributed by atoms with Gasteiger partial charge in [-0.2, -0.15) is 0 Å². The number of nitrogens with one attached hydrogen (secondary N) is 1. The molecule has 0 spiro atoms. The van der Waals surface area contributed by atoms with Crippen LogP contribution in [0.15, 0.2) is 71.1 Å². The molecule has 0 saturated heterocycles. The Balaban J connectivity index is 1.99. The Hall–Kier alpha value is -2.59. The highest BCUT2D eigenvalue weighted by atomic mass is 31.2. The largest absolute Gasteiger partial charge is 0.447 e. The summed E-state index contributed by atoms with van der Waals surface area (Å²) in [6.07, 6.45) is 0. The molecule has 0 unspecified atom stereocenters. The molecule has 2 aromatic heterocycles. The molecule has 0 aliphatic carbocycles. The van der Waals surface area contributed by atoms with Crippen molar-refractivity contribution in [2.75, 3.05) is 0 Å². The first kappa shape index (κ1) is 15.0. The highest BCUT2D eigenvalue weighted by Crippen LogP contribution is 2.40. The van der Waals surface area contributed by atoms with Crippen molar-refractivity contribution in [2.45, 2.75) is 0 Å². The molecule has 24 heavy (non-hydrogen) atoms. The summed E-state index contributed by atoms with van der Waals surface area (Å²) < 4.78 is 16.8. The molecule has 4 rings (SSSR count). The van der Waals surface area contributed by atoms with E-state index in [9.17, 15) is 14.4 Å². The Morgan fingerprint density at radius 3 is 2.29 bits per heavy atom. The Kier molecular flexibility index (Phi) is 3.43. The van der Waals surface area contributed by atoms with Crippen molar-refractivity contribution < 1.29 is 18.8 Å². The summed E-state index contributed by atoms with van der Waals surface area (Å²) in [5.74, 6) is 0.392. The third-order valence-electron chi connectivity index (χ3n) is 3.89. The lowest BCUT2D eigenvalue weighted by atomic mass is 10.0. The van der Waals surface area contributed by atoms with Gasteiger partial charge in [-0.3, -0.25) is 4.57 Å². The predicted molar refractivity (Wildman–Crippen MR) is 93.1 cm³/mol. The second-order valence-corrected chi connectivity index (χ2v) is 7.00. The van der Waals surface area contributed by atoms with Gasteiger partial charge in [0.05, 0.1) is 5.69 Å². The summed E-state index contributed by atoms with van der Waals surface area (Å²) in [7, 11) is -4.42. The Bertz CT molecular complexity index is 1060. The maximum atomic E-state index is 11.4. The van der Waals surface area contributed by atoms with Crippen molar-refractivity contribution in [3.8, 4) is 22.6 Å². The highest BCUT2D eigenvalue weighted by Gasteiger charge is 2.24. The zero-order valence-electron chi connectivity index (χ0n) is 12.5. The fraction of sp³-hybridized carbons (Fsp3) is 0. The molecule has 0 atom stereocenters. The first-order valence-corrected chi connectivity index (χ1v) is 8.98. The van der Waals surface area contributed by atoms with Crippen LogP contribution in [0.2, 0.25) is 0 Å². The molecule has 2 heterocycles. The van der Waals surface area contributed by atoms with E-state index in [1.54, 1.807) is 6.07 Å². The number of benzene rings is 2. The first-order valence-electron chi connectivity index (χ1n) is 7.36. The van der Waals surface area contributed by atoms with Crippen molar-refractivity contribution in [2.24, 2.45) is 0 Å². The monoisotopic (exact) mass is 339 g/mol. The molecule has 0 saturated carbocycles. The maximum absolute atomic E-state index is 11.4. The number of para-hydroxylation sites is 1. The number of hydrogen-bond donors (Lipinski definition) is 3. The third-order valence-corrected chi connectivity index (χ3v) is 4.71. The van der Waals surface area contributed by atoms with E-state index >= 15 is 0 Å². The molecular weight excluding hydrogens is 325 g/mol. The number of fused-ring (bicyclic) bond motifs is 1. The SMILES string of the molecule is O=P(O)(O)c1ccc(-c2[nH]c3ccccc3c2-c2ccccc2)o1. The number of aromatic amines is 1. The summed E-state index contributed by atoms with van der Waals surface area (Å²) in [4.78, 5) is 21.9. The zero-order chi connectivity index (χ0) is 16.7. The van der Waals surface area contributed by atoms with Crippen LogP contribution in [0.4, 0.5) is 0 Å². The molecule has 0 aliphatic heterocycles. The molecular formula is C18H14NO4P. The quantitative estimate of drug-likeness (QED) is 0.494. The van der Waals surface area contributed by atoms with Crippen LogP contribution < -0.4 is 5.50 Å². The Morgan fingerprint density at radius 1 is 0.875 bits per heavy atom. The molecule has 0 amide bonds. The molecule has 0 radical (unpaired) electrons. The summed E-state index contributed by atoms with van der Waals surface area (Å²) in [5, 5.41) is 1.02. The van der Waals surface area contributed by atoms with Crippen molar-refractivity contribution >= 4 is 24.0 Å². The molecule has 0 bridgehead atoms. The molecule has 5 nitrogen and oxygen atoms in total. The minimum atomic E-state index is -4.42. The number of rotatable bonds is 3. The fourth-order valence-corrected chi connectivity index (χ4v) is 3.34. The third kappa shape index (κ3) is 2.49. The van der Waals surface area contributed by atoms with Crippen LogP contribution in [0, 0.1) is 0 Å². The lowest BCUT2D eigenvalue weighted by Gasteiger charge is -2.04. The van der Waals surface area contributed by atoms with Gasteiger partial charge in [-0.15, -0.1) is 0 Å². The molecule has 0 aliphatic rings. The van der Waals surface area contributed by atoms with Crippen LogP contribution in [-0.2, 0) is 4.57 Å². The van der Waals surface area contributed by atoms with Gasteiger partial charge in [-0.25, -0.2) is 0 Å². The molecule has 6 heteroatoms. The number of hydrogen-bond acceptors (Lipinski definition) is 2. The minimum Gasteiger partial charge on any atom is -0.447 e. The van der Waals surface area contributed by atoms with E-state index < -0.39 is 7.60 Å². The van der Waals surface area contributed by atoms with Crippen molar-refractivity contribution in [1.82, 2.24) is 4.98 Å². The van der Waals surface area contributed by atoms with Crippen LogP contribution in [-0.4, -0.2) is 14.8 Å². The van der Waals surface area contributed by atoms with Crippen molar-refractivity contribution in [3.05, 3.63) is 66.7 Å². The smallest absolute Gasteiger partial charge is 0.391 e. The number of H-pyrrole nitrogens is 1. The lowest BCUT2D eigenvalue weighted by molar-refractivity contribution is 0.377. The van der Waals surface area contributed by atoms with E-state index in [1.165, 1.54) is 6.07 Å². The van der Waals surface area contributed by atoms with Crippen LogP contribution in [0.5, 0.6) is 0 Å². The first-order chi connectivity index (χ1) is 11.5. The van der Waals surface area contributed by atoms with Gasteiger partial charge in [0, 0.05) is 16.5 Å². The summed E-state index contributed by atoms with van der Waals surface area (Å²) >= 11 is 0. The highest BCUT2D eigenvalue weighted by molar-refractivity contribution is 7.59. The lowest BCUT2D eigenvalue weighted by Crippen LogP contribution is -1.98. The summed E-state index contributed by atoms with van der Waals surface area (Å²) in [6, 6.07) is 20.6. The van der Waals surface area contributed by atoms with Crippen molar-refractivity contribution in [3.63, 3.8) is 0 Å². The molecule has 120 valence electrons. The fourth-order valence-electron chi connectivity index (χ4n) is 2.85. The molecule has 0 fully saturated rings. The molecule has 2 aromatic carbocycles. The average Bonchev–Trinajstić information content (AvgIpc) is 3.20. The maximum Gasteiger partial charge on any atom is 0.391 e. The Labute approximate surface area is 137 Å². The second kappa shape index (κ2) is 5.49. The van der Waals surface area contributed by atoms with Gasteiger partial charge in [-0.1, -0.05) is 48.5 Å². The summed E-state index contributed by atoms with van der Waals surface area (Å²) in [6.45, 7) is 0.